The molecule has 1 aliphatic heterocycles. The summed E-state index contributed by atoms with van der Waals surface area (Å²) in [4.78, 5) is 12.1. The van der Waals surface area contributed by atoms with Crippen LogP contribution < -0.4 is 0 Å². The Morgan fingerprint density at radius 1 is 1.10 bits per heavy atom. The summed E-state index contributed by atoms with van der Waals surface area (Å²) < 4.78 is 46.2. The second-order valence-corrected chi connectivity index (χ2v) is 13.9. The monoisotopic (exact) mass is 430 g/mol. The first-order chi connectivity index (χ1) is 13.4. The first-order valence-corrected chi connectivity index (χ1v) is 12.2. The molecule has 0 aliphatic carbocycles. The highest BCUT2D eigenvalue weighted by Gasteiger charge is 2.62. The number of carbonyl (C=O) groups is 1. The quantitative estimate of drug-likeness (QED) is 0.476. The summed E-state index contributed by atoms with van der Waals surface area (Å²) in [5.74, 6) is -4.26. The summed E-state index contributed by atoms with van der Waals surface area (Å²) in [6, 6.07) is 8.20. The minimum Gasteiger partial charge on any atom is -0.459 e. The molecule has 2 rings (SSSR count). The maximum absolute atomic E-state index is 14.8. The van der Waals surface area contributed by atoms with Gasteiger partial charge in [-0.3, -0.25) is 0 Å². The molecule has 164 valence electrons. The van der Waals surface area contributed by atoms with Gasteiger partial charge in [-0.25, -0.2) is 4.79 Å². The summed E-state index contributed by atoms with van der Waals surface area (Å²) >= 11 is 0. The van der Waals surface area contributed by atoms with Crippen LogP contribution >= 0.6 is 0 Å². The van der Waals surface area contributed by atoms with Crippen molar-refractivity contribution in [3.8, 4) is 0 Å². The summed E-state index contributed by atoms with van der Waals surface area (Å²) in [5.41, 5.74) is 0.530. The molecule has 0 radical (unpaired) electrons. The van der Waals surface area contributed by atoms with E-state index in [1.54, 1.807) is 30.3 Å². The lowest BCUT2D eigenvalue weighted by atomic mass is 10.1. The van der Waals surface area contributed by atoms with Crippen LogP contribution in [0.3, 0.4) is 0 Å². The van der Waals surface area contributed by atoms with Crippen molar-refractivity contribution in [2.24, 2.45) is 0 Å². The van der Waals surface area contributed by atoms with E-state index < -0.39 is 45.3 Å². The standard InChI is InChI=1S/C21H32F2O5Si/c1-13(2)29(14(3)4,15(5)6)28-20-21(22,23)18(24)17(27-20)12-26-19(25)16-10-8-7-9-11-16/h7-11,13-15,17-18,20,24H,12H2,1-6H3/t17-,18-,20?/m1/s1. The average Bonchev–Trinajstić information content (AvgIpc) is 2.86. The number of rotatable bonds is 8. The number of benzene rings is 1. The molecule has 1 aliphatic rings. The topological polar surface area (TPSA) is 65.0 Å². The van der Waals surface area contributed by atoms with Crippen molar-refractivity contribution in [3.63, 3.8) is 0 Å². The summed E-state index contributed by atoms with van der Waals surface area (Å²) in [7, 11) is -2.66. The van der Waals surface area contributed by atoms with Gasteiger partial charge in [0.05, 0.1) is 5.56 Å². The maximum atomic E-state index is 14.8. The average molecular weight is 431 g/mol. The molecule has 29 heavy (non-hydrogen) atoms. The van der Waals surface area contributed by atoms with E-state index in [9.17, 15) is 18.7 Å². The fourth-order valence-electron chi connectivity index (χ4n) is 4.36. The third-order valence-electron chi connectivity index (χ3n) is 5.77. The fraction of sp³-hybridized carbons (Fsp3) is 0.667. The minimum atomic E-state index is -3.60. The lowest BCUT2D eigenvalue weighted by Crippen LogP contribution is -2.54. The Bertz CT molecular complexity index is 659. The van der Waals surface area contributed by atoms with Crippen LogP contribution in [-0.4, -0.2) is 50.4 Å². The number of carbonyl (C=O) groups excluding carboxylic acids is 1. The van der Waals surface area contributed by atoms with Gasteiger partial charge in [0, 0.05) is 0 Å². The van der Waals surface area contributed by atoms with E-state index in [0.29, 0.717) is 5.56 Å². The Morgan fingerprint density at radius 3 is 2.10 bits per heavy atom. The Hall–Kier alpha value is -1.35. The van der Waals surface area contributed by atoms with Gasteiger partial charge in [0.15, 0.2) is 6.10 Å². The molecule has 3 atom stereocenters. The molecule has 0 saturated carbocycles. The van der Waals surface area contributed by atoms with Crippen molar-refractivity contribution in [1.29, 1.82) is 0 Å². The molecule has 1 aromatic rings. The Kier molecular flexibility index (Phi) is 7.59. The molecule has 1 heterocycles. The number of hydrogen-bond acceptors (Lipinski definition) is 5. The van der Waals surface area contributed by atoms with Crippen molar-refractivity contribution in [1.82, 2.24) is 0 Å². The van der Waals surface area contributed by atoms with Crippen molar-refractivity contribution < 1.29 is 32.6 Å². The van der Waals surface area contributed by atoms with Gasteiger partial charge in [-0.15, -0.1) is 0 Å². The van der Waals surface area contributed by atoms with Gasteiger partial charge in [-0.2, -0.15) is 8.78 Å². The first-order valence-electron chi connectivity index (χ1n) is 10.1. The van der Waals surface area contributed by atoms with Gasteiger partial charge in [-0.05, 0) is 28.8 Å². The van der Waals surface area contributed by atoms with Gasteiger partial charge in [0.1, 0.15) is 12.7 Å². The van der Waals surface area contributed by atoms with Gasteiger partial charge in [-0.1, -0.05) is 59.7 Å². The fourth-order valence-corrected chi connectivity index (χ4v) is 9.76. The largest absolute Gasteiger partial charge is 0.459 e. The molecule has 1 unspecified atom stereocenters. The summed E-state index contributed by atoms with van der Waals surface area (Å²) in [6.07, 6.45) is -5.34. The van der Waals surface area contributed by atoms with Gasteiger partial charge in [0.25, 0.3) is 0 Å². The molecule has 0 bridgehead atoms. The zero-order chi connectivity index (χ0) is 22.0. The number of hydrogen-bond donors (Lipinski definition) is 1. The molecule has 0 spiro atoms. The summed E-state index contributed by atoms with van der Waals surface area (Å²) in [5, 5.41) is 10.2. The summed E-state index contributed by atoms with van der Waals surface area (Å²) in [6.45, 7) is 11.4. The van der Waals surface area contributed by atoms with Crippen molar-refractivity contribution in [2.75, 3.05) is 6.61 Å². The smallest absolute Gasteiger partial charge is 0.338 e. The highest BCUT2D eigenvalue weighted by atomic mass is 28.4. The normalized spacial score (nSPS) is 24.5. The van der Waals surface area contributed by atoms with Gasteiger partial charge >= 0.3 is 11.9 Å². The molecule has 8 heteroatoms. The first kappa shape index (κ1) is 23.9. The zero-order valence-electron chi connectivity index (χ0n) is 17.9. The Labute approximate surface area is 172 Å². The molecule has 1 N–H and O–H groups in total. The van der Waals surface area contributed by atoms with E-state index >= 15 is 0 Å². The molecule has 0 amide bonds. The van der Waals surface area contributed by atoms with E-state index in [-0.39, 0.29) is 16.6 Å². The lowest BCUT2D eigenvalue weighted by molar-refractivity contribution is -0.191. The van der Waals surface area contributed by atoms with Crippen LogP contribution in [0.15, 0.2) is 30.3 Å². The predicted octanol–water partition coefficient (Wildman–Crippen LogP) is 4.76. The van der Waals surface area contributed by atoms with Gasteiger partial charge in [0.2, 0.25) is 14.6 Å². The molecule has 1 fully saturated rings. The van der Waals surface area contributed by atoms with Crippen molar-refractivity contribution in [3.05, 3.63) is 35.9 Å². The zero-order valence-corrected chi connectivity index (χ0v) is 18.9. The molecule has 1 aromatic carbocycles. The molecular weight excluding hydrogens is 398 g/mol. The van der Waals surface area contributed by atoms with E-state index in [4.69, 9.17) is 13.9 Å². The van der Waals surface area contributed by atoms with Crippen LogP contribution in [0.25, 0.3) is 0 Å². The predicted molar refractivity (Wildman–Crippen MR) is 108 cm³/mol. The molecule has 5 nitrogen and oxygen atoms in total. The third-order valence-corrected chi connectivity index (χ3v) is 11.8. The van der Waals surface area contributed by atoms with E-state index in [2.05, 4.69) is 0 Å². The minimum absolute atomic E-state index is 0.0778. The molecular formula is C21H32F2O5Si. The Balaban J connectivity index is 2.14. The van der Waals surface area contributed by atoms with Crippen LogP contribution in [0, 0.1) is 0 Å². The Morgan fingerprint density at radius 2 is 1.62 bits per heavy atom. The third kappa shape index (κ3) is 4.71. The molecule has 0 aromatic heterocycles. The molecule has 1 saturated heterocycles. The van der Waals surface area contributed by atoms with Crippen LogP contribution in [0.2, 0.25) is 16.6 Å². The van der Waals surface area contributed by atoms with Crippen molar-refractivity contribution >= 4 is 14.3 Å². The SMILES string of the molecule is CC(C)[Si](OC1O[C@H](COC(=O)c2ccccc2)[C@@H](O)C1(F)F)(C(C)C)C(C)C. The second kappa shape index (κ2) is 9.20. The van der Waals surface area contributed by atoms with Crippen LogP contribution in [0.1, 0.15) is 51.9 Å². The number of aliphatic hydroxyl groups is 1. The number of esters is 1. The van der Waals surface area contributed by atoms with E-state index in [1.165, 1.54) is 0 Å². The van der Waals surface area contributed by atoms with Crippen molar-refractivity contribution in [2.45, 2.75) is 82.6 Å². The van der Waals surface area contributed by atoms with E-state index in [1.807, 2.05) is 41.5 Å². The van der Waals surface area contributed by atoms with Gasteiger partial charge < -0.3 is 19.0 Å². The number of alkyl halides is 2. The lowest BCUT2D eigenvalue weighted by Gasteiger charge is -2.44. The van der Waals surface area contributed by atoms with Crippen LogP contribution in [0.4, 0.5) is 8.78 Å². The highest BCUT2D eigenvalue weighted by Crippen LogP contribution is 2.47. The van der Waals surface area contributed by atoms with Crippen LogP contribution in [-0.2, 0) is 13.9 Å². The number of ether oxygens (including phenoxy) is 2. The second-order valence-electron chi connectivity index (χ2n) is 8.53. The number of aliphatic hydroxyl groups excluding tert-OH is 1. The maximum Gasteiger partial charge on any atom is 0.338 e. The van der Waals surface area contributed by atoms with Crippen LogP contribution in [0.5, 0.6) is 0 Å². The van der Waals surface area contributed by atoms with E-state index in [0.717, 1.165) is 0 Å². The number of halogens is 2. The highest BCUT2D eigenvalue weighted by molar-refractivity contribution is 6.77.